The highest BCUT2D eigenvalue weighted by molar-refractivity contribution is 7.15. The van der Waals surface area contributed by atoms with Crippen molar-refractivity contribution in [3.05, 3.63) is 159 Å². The molecule has 9 aromatic rings. The Kier molecular flexibility index (Phi) is 34.5. The van der Waals surface area contributed by atoms with Crippen molar-refractivity contribution in [3.63, 3.8) is 0 Å². The van der Waals surface area contributed by atoms with Crippen molar-refractivity contribution in [1.82, 2.24) is 78.8 Å². The number of imidazole rings is 3. The lowest BCUT2D eigenvalue weighted by Crippen LogP contribution is -2.33. The summed E-state index contributed by atoms with van der Waals surface area (Å²) in [5.74, 6) is -2.18. The molecule has 0 radical (unpaired) electrons. The van der Waals surface area contributed by atoms with E-state index in [4.69, 9.17) is 59.2 Å². The number of aryl methyl sites for hydroxylation is 7. The van der Waals surface area contributed by atoms with Crippen LogP contribution in [0.25, 0.3) is 5.00 Å². The zero-order chi connectivity index (χ0) is 85.5. The topological polar surface area (TPSA) is 464 Å². The summed E-state index contributed by atoms with van der Waals surface area (Å²) in [6.07, 6.45) is 11.9. The Bertz CT molecular complexity index is 5020. The first-order chi connectivity index (χ1) is 58.0. The maximum absolute atomic E-state index is 13.6. The second-order valence-electron chi connectivity index (χ2n) is 27.1. The quantitative estimate of drug-likeness (QED) is 0.0236. The molecule has 42 heteroatoms. The number of amides is 9. The number of hydrogen-bond acceptors (Lipinski definition) is 26. The standard InChI is InChI=1S/C78H99ClN22O18S/c1-49-50(2)120-78-67(49)68(52-9-11-53(79)12-10-52)89-58(69-95-94-51(3)101(69)78)42-66(105)86-54-39-57(44-80-43-54)119-38-37-118-36-35-117-34-33-116-32-31-115-30-29-114-28-27-113-26-25-112-24-23-111-22-20-81-63(102)13-16-85-75(108)71-92-61(47-99(71)7)90-64(103)14-17-84-74(107)60-41-56(46-98(60)6)88-77(110)72-93-62(48-100(72)8)91-65(104)15-18-83-73(106)59-40-55(45-97(59)5)87-76(109)70-82-19-21-96(70)4/h9-12,19,21,39-41,43-48,58H,13-18,20,22-38,42H2,1-8H3,(H,81,102)(H,83,106)(H,84,107)(H,85,108)(H,86,105)(H,87,109)(H,88,110)(H,90,103)(H,91,104). The molecule has 10 rings (SSSR count). The van der Waals surface area contributed by atoms with E-state index in [9.17, 15) is 43.2 Å². The van der Waals surface area contributed by atoms with Crippen molar-refractivity contribution in [2.45, 2.75) is 52.5 Å². The minimum absolute atomic E-state index is 0.00506. The van der Waals surface area contributed by atoms with Gasteiger partial charge in [0.05, 0.1) is 147 Å². The molecule has 1 aliphatic rings. The summed E-state index contributed by atoms with van der Waals surface area (Å²) >= 11 is 7.91. The second-order valence-corrected chi connectivity index (χ2v) is 28.8. The molecule has 120 heavy (non-hydrogen) atoms. The summed E-state index contributed by atoms with van der Waals surface area (Å²) in [7, 11) is 8.04. The van der Waals surface area contributed by atoms with Crippen LogP contribution in [0.5, 0.6) is 5.75 Å². The Morgan fingerprint density at radius 1 is 0.467 bits per heavy atom. The van der Waals surface area contributed by atoms with E-state index in [1.165, 1.54) is 55.2 Å². The molecule has 9 N–H and O–H groups in total. The SMILES string of the molecule is Cc1sc2c(c1C)C(c1ccc(Cl)cc1)=NC(CC(=O)Nc1cncc(OCCOCCOCCOCCOCCOCCOCCOCCOCCNC(=O)CCNC(=O)c3nc(NC(=O)CCNC(=O)c4cc(NC(=O)c5nc(NC(=O)CCNC(=O)c6cc(NC(=O)c7nccn7C)cn6C)cn5C)cn4C)cn3C)c1)c1nnc(C)n1-2. The van der Waals surface area contributed by atoms with Gasteiger partial charge in [0, 0.05) is 145 Å². The van der Waals surface area contributed by atoms with Gasteiger partial charge < -0.3 is 113 Å². The Morgan fingerprint density at radius 2 is 0.950 bits per heavy atom. The first-order valence-electron chi connectivity index (χ1n) is 38.5. The van der Waals surface area contributed by atoms with Crippen molar-refractivity contribution < 1.29 is 85.8 Å². The third-order valence-corrected chi connectivity index (χ3v) is 19.5. The average molecular weight is 1700 g/mol. The van der Waals surface area contributed by atoms with Gasteiger partial charge in [0.2, 0.25) is 35.3 Å². The molecule has 1 unspecified atom stereocenters. The van der Waals surface area contributed by atoms with Crippen LogP contribution in [-0.4, -0.2) is 255 Å². The average Bonchev–Trinajstić information content (AvgIpc) is 1.59. The van der Waals surface area contributed by atoms with Gasteiger partial charge in [-0.3, -0.25) is 57.7 Å². The molecule has 1 aromatic carbocycles. The molecule has 0 bridgehead atoms. The number of ether oxygens (including phenoxy) is 9. The van der Waals surface area contributed by atoms with E-state index in [2.05, 4.69) is 91.8 Å². The van der Waals surface area contributed by atoms with Gasteiger partial charge in [0.1, 0.15) is 40.6 Å². The van der Waals surface area contributed by atoms with E-state index < -0.39 is 47.4 Å². The molecular formula is C78H99ClN22O18S. The van der Waals surface area contributed by atoms with Gasteiger partial charge in [0.25, 0.3) is 29.5 Å². The predicted octanol–water partition coefficient (Wildman–Crippen LogP) is 4.57. The highest BCUT2D eigenvalue weighted by Crippen LogP contribution is 2.40. The van der Waals surface area contributed by atoms with Crippen LogP contribution in [0.4, 0.5) is 28.7 Å². The number of anilines is 5. The van der Waals surface area contributed by atoms with Crippen molar-refractivity contribution in [3.8, 4) is 10.8 Å². The zero-order valence-electron chi connectivity index (χ0n) is 67.9. The normalized spacial score (nSPS) is 12.2. The summed E-state index contributed by atoms with van der Waals surface area (Å²) in [6.45, 7) is 12.4. The lowest BCUT2D eigenvalue weighted by atomic mass is 9.99. The van der Waals surface area contributed by atoms with E-state index in [1.807, 2.05) is 35.8 Å². The Morgan fingerprint density at radius 3 is 1.47 bits per heavy atom. The molecule has 642 valence electrons. The second kappa shape index (κ2) is 45.9. The van der Waals surface area contributed by atoms with Gasteiger partial charge in [-0.2, -0.15) is 0 Å². The third kappa shape index (κ3) is 27.0. The molecular weight excluding hydrogens is 1600 g/mol. The third-order valence-electron chi connectivity index (χ3n) is 18.0. The van der Waals surface area contributed by atoms with Gasteiger partial charge in [-0.05, 0) is 50.6 Å². The van der Waals surface area contributed by atoms with E-state index in [0.29, 0.717) is 133 Å². The molecule has 0 fully saturated rings. The number of thiophene rings is 1. The highest BCUT2D eigenvalue weighted by Gasteiger charge is 2.33. The fourth-order valence-electron chi connectivity index (χ4n) is 12.0. The number of rotatable bonds is 50. The first-order valence-corrected chi connectivity index (χ1v) is 39.7. The van der Waals surface area contributed by atoms with Gasteiger partial charge in [-0.15, -0.1) is 21.5 Å². The van der Waals surface area contributed by atoms with Crippen LogP contribution in [0.1, 0.15) is 118 Å². The van der Waals surface area contributed by atoms with Crippen molar-refractivity contribution in [2.75, 3.05) is 165 Å². The number of aromatic nitrogens is 12. The van der Waals surface area contributed by atoms with Gasteiger partial charge in [-0.25, -0.2) is 15.0 Å². The van der Waals surface area contributed by atoms with Crippen molar-refractivity contribution >= 4 is 111 Å². The summed E-state index contributed by atoms with van der Waals surface area (Å²) in [5.41, 5.74) is 5.25. The van der Waals surface area contributed by atoms with Crippen LogP contribution in [0.2, 0.25) is 5.02 Å². The molecule has 40 nitrogen and oxygen atoms in total. The molecule has 8 aromatic heterocycles. The Hall–Kier alpha value is -11.9. The molecule has 0 aliphatic carbocycles. The first kappa shape index (κ1) is 90.4. The Balaban J connectivity index is 0.469. The summed E-state index contributed by atoms with van der Waals surface area (Å²) in [6, 6.07) is 11.5. The molecule has 0 saturated heterocycles. The van der Waals surface area contributed by atoms with Crippen molar-refractivity contribution in [1.29, 1.82) is 0 Å². The number of hydrogen-bond donors (Lipinski definition) is 9. The van der Waals surface area contributed by atoms with Gasteiger partial charge >= 0.3 is 0 Å². The largest absolute Gasteiger partial charge is 0.489 e. The molecule has 1 atom stereocenters. The summed E-state index contributed by atoms with van der Waals surface area (Å²) < 4.78 is 59.8. The number of nitrogens with zero attached hydrogens (tertiary/aromatic N) is 13. The van der Waals surface area contributed by atoms with Gasteiger partial charge in [-0.1, -0.05) is 23.7 Å². The highest BCUT2D eigenvalue weighted by atomic mass is 35.5. The number of fused-ring (bicyclic) bond motifs is 3. The number of aliphatic imine (C=N–C) groups is 1. The Labute approximate surface area is 699 Å². The minimum Gasteiger partial charge on any atom is -0.489 e. The van der Waals surface area contributed by atoms with Crippen LogP contribution in [0, 0.1) is 20.8 Å². The van der Waals surface area contributed by atoms with E-state index in [-0.39, 0.29) is 123 Å². The zero-order valence-corrected chi connectivity index (χ0v) is 69.4. The van der Waals surface area contributed by atoms with Crippen molar-refractivity contribution in [2.24, 2.45) is 40.2 Å². The maximum Gasteiger partial charge on any atom is 0.291 e. The van der Waals surface area contributed by atoms with Gasteiger partial charge in [0.15, 0.2) is 23.3 Å². The number of benzene rings is 1. The van der Waals surface area contributed by atoms with Crippen LogP contribution >= 0.6 is 22.9 Å². The molecule has 9 amide bonds. The maximum atomic E-state index is 13.6. The van der Waals surface area contributed by atoms with Crippen LogP contribution < -0.4 is 52.6 Å². The fourth-order valence-corrected chi connectivity index (χ4v) is 13.3. The van der Waals surface area contributed by atoms with Crippen LogP contribution in [0.3, 0.4) is 0 Å². The van der Waals surface area contributed by atoms with E-state index in [1.54, 1.807) is 82.0 Å². The summed E-state index contributed by atoms with van der Waals surface area (Å²) in [5, 5.41) is 34.7. The van der Waals surface area contributed by atoms with Crippen LogP contribution in [-0.2, 0) is 92.3 Å². The number of nitrogens with one attached hydrogen (secondary N) is 9. The lowest BCUT2D eigenvalue weighted by molar-refractivity contribution is -0.121. The summed E-state index contributed by atoms with van der Waals surface area (Å²) in [4.78, 5) is 140. The number of carbonyl (C=O) groups is 9. The number of carbonyl (C=O) groups excluding carboxylic acids is 9. The molecule has 0 spiro atoms. The fraction of sp³-hybridized carbons (Fsp3) is 0.436. The van der Waals surface area contributed by atoms with E-state index in [0.717, 1.165) is 32.3 Å². The predicted molar refractivity (Wildman–Crippen MR) is 440 cm³/mol. The van der Waals surface area contributed by atoms with E-state index >= 15 is 0 Å². The monoisotopic (exact) mass is 1700 g/mol. The molecule has 1 aliphatic heterocycles. The number of pyridine rings is 1. The lowest BCUT2D eigenvalue weighted by Gasteiger charge is -2.13. The van der Waals surface area contributed by atoms with Crippen LogP contribution in [0.15, 0.2) is 97.0 Å². The number of halogens is 1. The molecule has 9 heterocycles. The minimum atomic E-state index is -0.641. The smallest absolute Gasteiger partial charge is 0.291 e. The molecule has 0 saturated carbocycles.